The summed E-state index contributed by atoms with van der Waals surface area (Å²) >= 11 is 0. The number of unbranched alkanes of at least 4 members (excludes halogenated alkanes) is 1. The normalized spacial score (nSPS) is 12.0. The van der Waals surface area contributed by atoms with Gasteiger partial charge in [-0.3, -0.25) is 9.11 Å². The molecular weight excluding hydrogens is 641 g/mol. The van der Waals surface area contributed by atoms with E-state index in [-0.39, 0.29) is 9.79 Å². The summed E-state index contributed by atoms with van der Waals surface area (Å²) in [6, 6.07) is 18.6. The quantitative estimate of drug-likeness (QED) is 0.0682. The average molecular weight is 681 g/mol. The van der Waals surface area contributed by atoms with E-state index in [1.165, 1.54) is 48.5 Å². The first-order valence-corrected chi connectivity index (χ1v) is 17.8. The molecule has 0 bridgehead atoms. The Morgan fingerprint density at radius 2 is 0.957 bits per heavy atom. The van der Waals surface area contributed by atoms with Gasteiger partial charge in [-0.15, -0.1) is 0 Å². The maximum Gasteiger partial charge on any atom is 0.294 e. The van der Waals surface area contributed by atoms with Crippen LogP contribution in [0.3, 0.4) is 0 Å². The third-order valence-corrected chi connectivity index (χ3v) is 8.92. The van der Waals surface area contributed by atoms with Crippen LogP contribution in [0.1, 0.15) is 55.9 Å². The molecule has 0 saturated carbocycles. The number of nitrogens with two attached hydrogens (primary N) is 2. The van der Waals surface area contributed by atoms with Gasteiger partial charge in [0.25, 0.3) is 20.2 Å². The molecule has 0 amide bonds. The van der Waals surface area contributed by atoms with E-state index in [0.29, 0.717) is 17.1 Å². The average Bonchev–Trinajstić information content (AvgIpc) is 3.04. The van der Waals surface area contributed by atoms with Crippen LogP contribution in [0.25, 0.3) is 0 Å². The fourth-order valence-electron chi connectivity index (χ4n) is 4.49. The summed E-state index contributed by atoms with van der Waals surface area (Å²) in [4.78, 5) is -0.350. The fourth-order valence-corrected chi connectivity index (χ4v) is 5.45. The predicted octanol–water partition coefficient (Wildman–Crippen LogP) is 8.64. The second-order valence-electron chi connectivity index (χ2n) is 10.7. The van der Waals surface area contributed by atoms with Crippen LogP contribution in [0.5, 0.6) is 0 Å². The number of nitrogen functional groups attached to an aromatic ring is 2. The van der Waals surface area contributed by atoms with Gasteiger partial charge in [-0.25, -0.2) is 0 Å². The number of hydrogen-bond acceptors (Lipinski definition) is 10. The molecule has 0 aliphatic heterocycles. The predicted molar refractivity (Wildman–Crippen MR) is 185 cm³/mol. The Hall–Kier alpha value is -4.50. The van der Waals surface area contributed by atoms with Crippen LogP contribution in [0.15, 0.2) is 103 Å². The molecule has 47 heavy (non-hydrogen) atoms. The first-order chi connectivity index (χ1) is 22.2. The highest BCUT2D eigenvalue weighted by Crippen LogP contribution is 2.29. The van der Waals surface area contributed by atoms with Crippen molar-refractivity contribution in [2.45, 2.75) is 69.6 Å². The summed E-state index contributed by atoms with van der Waals surface area (Å²) in [6.07, 6.45) is 4.68. The number of anilines is 2. The number of azo groups is 2. The monoisotopic (exact) mass is 680 g/mol. The maximum atomic E-state index is 11.0. The second-order valence-corrected chi connectivity index (χ2v) is 13.5. The van der Waals surface area contributed by atoms with Gasteiger partial charge in [0.1, 0.15) is 0 Å². The Kier molecular flexibility index (Phi) is 12.9. The largest absolute Gasteiger partial charge is 0.398 e. The Morgan fingerprint density at radius 1 is 0.574 bits per heavy atom. The van der Waals surface area contributed by atoms with Gasteiger partial charge in [0.15, 0.2) is 0 Å². The molecule has 4 aromatic rings. The summed E-state index contributed by atoms with van der Waals surface area (Å²) in [5, 5.41) is 16.6. The molecule has 0 aliphatic rings. The van der Waals surface area contributed by atoms with Crippen molar-refractivity contribution in [2.75, 3.05) is 11.5 Å². The minimum Gasteiger partial charge on any atom is -0.398 e. The minimum absolute atomic E-state index is 0.172. The molecule has 4 aromatic carbocycles. The summed E-state index contributed by atoms with van der Waals surface area (Å²) in [6.45, 7) is 8.11. The zero-order valence-electron chi connectivity index (χ0n) is 26.8. The summed E-state index contributed by atoms with van der Waals surface area (Å²) in [5.41, 5.74) is 20.2. The van der Waals surface area contributed by atoms with Crippen molar-refractivity contribution in [3.05, 3.63) is 95.1 Å². The summed E-state index contributed by atoms with van der Waals surface area (Å²) in [7, 11) is -8.39. The van der Waals surface area contributed by atoms with Crippen molar-refractivity contribution in [1.29, 1.82) is 0 Å². The van der Waals surface area contributed by atoms with Gasteiger partial charge in [0.05, 0.1) is 32.5 Å². The van der Waals surface area contributed by atoms with Crippen molar-refractivity contribution in [3.63, 3.8) is 0 Å². The van der Waals surface area contributed by atoms with Crippen molar-refractivity contribution < 1.29 is 25.9 Å². The molecule has 14 heteroatoms. The number of benzene rings is 4. The van der Waals surface area contributed by atoms with Crippen LogP contribution in [-0.4, -0.2) is 25.9 Å². The minimum atomic E-state index is -4.20. The molecule has 0 aromatic heterocycles. The summed E-state index contributed by atoms with van der Waals surface area (Å²) in [5.74, 6) is 0. The van der Waals surface area contributed by atoms with Crippen LogP contribution in [-0.2, 0) is 39.5 Å². The van der Waals surface area contributed by atoms with Crippen molar-refractivity contribution in [2.24, 2.45) is 20.5 Å². The van der Waals surface area contributed by atoms with Gasteiger partial charge in [0.2, 0.25) is 0 Å². The van der Waals surface area contributed by atoms with E-state index >= 15 is 0 Å². The van der Waals surface area contributed by atoms with Crippen LogP contribution in [0.2, 0.25) is 0 Å². The Labute approximate surface area is 276 Å². The van der Waals surface area contributed by atoms with Crippen molar-refractivity contribution in [3.8, 4) is 0 Å². The first-order valence-electron chi connectivity index (χ1n) is 14.9. The van der Waals surface area contributed by atoms with E-state index < -0.39 is 20.2 Å². The topological polar surface area (TPSA) is 210 Å². The van der Waals surface area contributed by atoms with E-state index in [2.05, 4.69) is 27.4 Å². The molecule has 4 rings (SSSR count). The van der Waals surface area contributed by atoms with Crippen molar-refractivity contribution >= 4 is 54.4 Å². The van der Waals surface area contributed by atoms with Gasteiger partial charge in [0, 0.05) is 11.4 Å². The van der Waals surface area contributed by atoms with E-state index in [0.717, 1.165) is 71.4 Å². The van der Waals surface area contributed by atoms with Crippen LogP contribution < -0.4 is 11.5 Å². The molecule has 250 valence electrons. The summed E-state index contributed by atoms with van der Waals surface area (Å²) < 4.78 is 61.9. The van der Waals surface area contributed by atoms with E-state index in [4.69, 9.17) is 20.6 Å². The Morgan fingerprint density at radius 3 is 1.36 bits per heavy atom. The van der Waals surface area contributed by atoms with Gasteiger partial charge in [-0.1, -0.05) is 27.2 Å². The zero-order chi connectivity index (χ0) is 34.8. The van der Waals surface area contributed by atoms with Gasteiger partial charge in [-0.05, 0) is 128 Å². The lowest BCUT2D eigenvalue weighted by molar-refractivity contribution is 0.481. The van der Waals surface area contributed by atoms with E-state index in [1.54, 1.807) is 0 Å². The molecule has 0 saturated heterocycles. The highest BCUT2D eigenvalue weighted by molar-refractivity contribution is 7.86. The SMILES string of the molecule is CCCCc1cc(N=Nc2ccc(S(=O)(=O)O)cc2)cc(CC)c1N.CCc1cc(N=Nc2ccc(S(=O)(=O)O)cc2)cc(C)c1N. The lowest BCUT2D eigenvalue weighted by atomic mass is 10.00. The Bertz CT molecular complexity index is 1960. The lowest BCUT2D eigenvalue weighted by Crippen LogP contribution is -1.99. The zero-order valence-corrected chi connectivity index (χ0v) is 28.4. The van der Waals surface area contributed by atoms with Crippen molar-refractivity contribution in [1.82, 2.24) is 0 Å². The fraction of sp³-hybridized carbons (Fsp3) is 0.273. The molecule has 0 fully saturated rings. The molecule has 6 N–H and O–H groups in total. The first kappa shape index (κ1) is 37.0. The molecule has 12 nitrogen and oxygen atoms in total. The molecule has 0 atom stereocenters. The highest BCUT2D eigenvalue weighted by atomic mass is 32.2. The van der Waals surface area contributed by atoms with Gasteiger partial charge in [-0.2, -0.15) is 37.3 Å². The van der Waals surface area contributed by atoms with Gasteiger partial charge < -0.3 is 11.5 Å². The molecule has 0 heterocycles. The third kappa shape index (κ3) is 10.8. The molecule has 0 aliphatic carbocycles. The Balaban J connectivity index is 0.000000257. The third-order valence-electron chi connectivity index (χ3n) is 7.19. The lowest BCUT2D eigenvalue weighted by Gasteiger charge is -2.11. The van der Waals surface area contributed by atoms with E-state index in [1.807, 2.05) is 45.0 Å². The smallest absolute Gasteiger partial charge is 0.294 e. The molecule has 0 spiro atoms. The van der Waals surface area contributed by atoms with Crippen LogP contribution in [0, 0.1) is 6.92 Å². The standard InChI is InChI=1S/C18H23N3O3S.C15H17N3O3S/c1-3-5-6-14-12-16(11-13(4-2)18(14)19)21-20-15-7-9-17(10-8-15)25(22,23)24;1-3-11-9-13(8-10(2)15(11)16)18-17-12-4-6-14(7-5-12)22(19,20)21/h7-12H,3-6,19H2,1-2H3,(H,22,23,24);4-9H,3,16H2,1-2H3,(H,19,20,21). The molecule has 0 radical (unpaired) electrons. The number of nitrogens with zero attached hydrogens (tertiary/aromatic N) is 4. The second kappa shape index (κ2) is 16.4. The number of rotatable bonds is 11. The number of aryl methyl sites for hydroxylation is 4. The maximum absolute atomic E-state index is 11.0. The number of hydrogen-bond donors (Lipinski definition) is 4. The molecule has 0 unspecified atom stereocenters. The highest BCUT2D eigenvalue weighted by Gasteiger charge is 2.10. The van der Waals surface area contributed by atoms with Gasteiger partial charge >= 0.3 is 0 Å². The van der Waals surface area contributed by atoms with Crippen LogP contribution in [0.4, 0.5) is 34.1 Å². The van der Waals surface area contributed by atoms with Crippen LogP contribution >= 0.6 is 0 Å². The molecular formula is C33H40N6O6S2. The van der Waals surface area contributed by atoms with E-state index in [9.17, 15) is 16.8 Å².